The number of alkyl carbamates (subject to hydrolysis) is 1. The van der Waals surface area contributed by atoms with Crippen LogP contribution < -0.4 is 5.32 Å². The molecule has 6 heteroatoms. The lowest BCUT2D eigenvalue weighted by Crippen LogP contribution is -2.44. The highest BCUT2D eigenvalue weighted by Crippen LogP contribution is 2.26. The van der Waals surface area contributed by atoms with Crippen molar-refractivity contribution in [2.75, 3.05) is 0 Å². The van der Waals surface area contributed by atoms with Gasteiger partial charge in [-0.25, -0.2) is 4.79 Å². The molecule has 0 bridgehead atoms. The quantitative estimate of drug-likeness (QED) is 0.532. The van der Waals surface area contributed by atoms with Crippen LogP contribution in [0.1, 0.15) is 51.8 Å². The van der Waals surface area contributed by atoms with Gasteiger partial charge in [0, 0.05) is 26.8 Å². The van der Waals surface area contributed by atoms with Crippen molar-refractivity contribution in [3.05, 3.63) is 35.4 Å². The Kier molecular flexibility index (Phi) is 7.24. The van der Waals surface area contributed by atoms with Crippen LogP contribution in [0.3, 0.4) is 0 Å². The van der Waals surface area contributed by atoms with Crippen LogP contribution in [0, 0.1) is 11.2 Å². The smallest absolute Gasteiger partial charge is 0.408 e. The summed E-state index contributed by atoms with van der Waals surface area (Å²) in [6.07, 6.45) is -0.560. The van der Waals surface area contributed by atoms with Crippen LogP contribution in [0.4, 0.5) is 4.79 Å². The Balaban J connectivity index is 2.97. The molecule has 0 aliphatic rings. The normalized spacial score (nSPS) is 12.8. The van der Waals surface area contributed by atoms with E-state index in [1.807, 2.05) is 24.3 Å². The van der Waals surface area contributed by atoms with Gasteiger partial charge in [0.05, 0.1) is 11.6 Å². The van der Waals surface area contributed by atoms with E-state index in [1.54, 1.807) is 34.6 Å². The molecule has 0 radical (unpaired) electrons. The first-order valence-corrected chi connectivity index (χ1v) is 10.5. The van der Waals surface area contributed by atoms with Gasteiger partial charge in [-0.3, -0.25) is 0 Å². The number of amides is 1. The Bertz CT molecular complexity index is 591. The summed E-state index contributed by atoms with van der Waals surface area (Å²) < 4.78 is 5.27. The van der Waals surface area contributed by atoms with Gasteiger partial charge in [0.1, 0.15) is 5.60 Å². The van der Waals surface area contributed by atoms with Crippen LogP contribution in [0.2, 0.25) is 0 Å². The molecule has 0 aliphatic carbocycles. The number of benzene rings is 1. The topological polar surface area (TPSA) is 58.6 Å². The molecular formula is C17H22INO3S. The number of carbonyl (C=O) groups is 1. The number of hydrogen-bond donors (Lipinski definition) is 2. The third kappa shape index (κ3) is 7.46. The summed E-state index contributed by atoms with van der Waals surface area (Å²) in [6.45, 7) is 8.68. The summed E-state index contributed by atoms with van der Waals surface area (Å²) in [5, 5.41) is 16.0. The molecule has 0 saturated heterocycles. The molecule has 1 aromatic rings. The summed E-state index contributed by atoms with van der Waals surface area (Å²) in [4.78, 5) is 12.0. The van der Waals surface area contributed by atoms with Crippen molar-refractivity contribution in [1.29, 1.82) is 0 Å². The molecule has 0 fully saturated rings. The van der Waals surface area contributed by atoms with Crippen LogP contribution in [0.15, 0.2) is 24.3 Å². The van der Waals surface area contributed by atoms with E-state index >= 15 is 0 Å². The van der Waals surface area contributed by atoms with Gasteiger partial charge >= 0.3 is 6.09 Å². The predicted octanol–water partition coefficient (Wildman–Crippen LogP) is 4.42. The second-order valence-electron chi connectivity index (χ2n) is 6.66. The van der Waals surface area contributed by atoms with Gasteiger partial charge in [0.15, 0.2) is 0 Å². The highest BCUT2D eigenvalue weighted by atomic mass is 127. The maximum Gasteiger partial charge on any atom is 0.408 e. The molecule has 1 atom stereocenters. The number of aliphatic hydroxyl groups is 1. The van der Waals surface area contributed by atoms with Gasteiger partial charge in [-0.05, 0) is 66.5 Å². The van der Waals surface area contributed by atoms with Crippen molar-refractivity contribution in [2.24, 2.45) is 0 Å². The molecule has 126 valence electrons. The lowest BCUT2D eigenvalue weighted by atomic mass is 9.91. The van der Waals surface area contributed by atoms with Crippen LogP contribution in [-0.2, 0) is 4.74 Å². The van der Waals surface area contributed by atoms with Gasteiger partial charge in [-0.1, -0.05) is 18.1 Å². The SMILES string of the molecule is CC(C)(C)OC(=O)NC(c1ccc(C#CSI)cc1)C(C)(C)O. The first-order chi connectivity index (χ1) is 10.5. The van der Waals surface area contributed by atoms with E-state index in [1.165, 1.54) is 8.93 Å². The van der Waals surface area contributed by atoms with E-state index in [4.69, 9.17) is 4.74 Å². The molecule has 0 aliphatic heterocycles. The van der Waals surface area contributed by atoms with E-state index in [0.717, 1.165) is 11.1 Å². The van der Waals surface area contributed by atoms with Gasteiger partial charge in [-0.15, -0.1) is 0 Å². The average Bonchev–Trinajstić information content (AvgIpc) is 2.40. The summed E-state index contributed by atoms with van der Waals surface area (Å²) in [5.74, 6) is 3.00. The zero-order chi connectivity index (χ0) is 17.7. The van der Waals surface area contributed by atoms with Crippen molar-refractivity contribution in [2.45, 2.75) is 51.9 Å². The number of halogens is 1. The zero-order valence-electron chi connectivity index (χ0n) is 13.9. The summed E-state index contributed by atoms with van der Waals surface area (Å²) >= 11 is 2.11. The Morgan fingerprint density at radius 3 is 2.26 bits per heavy atom. The van der Waals surface area contributed by atoms with Crippen LogP contribution in [0.5, 0.6) is 0 Å². The maximum atomic E-state index is 12.0. The second kappa shape index (κ2) is 8.27. The van der Waals surface area contributed by atoms with E-state index in [0.29, 0.717) is 0 Å². The molecule has 4 nitrogen and oxygen atoms in total. The van der Waals surface area contributed by atoms with Crippen molar-refractivity contribution >= 4 is 36.2 Å². The minimum Gasteiger partial charge on any atom is -0.444 e. The minimum atomic E-state index is -1.14. The Morgan fingerprint density at radius 2 is 1.83 bits per heavy atom. The van der Waals surface area contributed by atoms with Gasteiger partial charge in [-0.2, -0.15) is 0 Å². The summed E-state index contributed by atoms with van der Waals surface area (Å²) in [7, 11) is 1.42. The lowest BCUT2D eigenvalue weighted by molar-refractivity contribution is 0.0163. The summed E-state index contributed by atoms with van der Waals surface area (Å²) in [5.41, 5.74) is -0.0619. The average molecular weight is 447 g/mol. The standard InChI is InChI=1S/C17H22INO3S/c1-16(2,3)22-15(20)19-14(17(4,5)21)13-8-6-12(7-9-13)10-11-23-18/h6-9,14,21H,1-5H3,(H,19,20). The largest absolute Gasteiger partial charge is 0.444 e. The third-order valence-corrected chi connectivity index (χ3v) is 3.69. The Labute approximate surface area is 154 Å². The van der Waals surface area contributed by atoms with Crippen LogP contribution in [-0.4, -0.2) is 22.4 Å². The van der Waals surface area contributed by atoms with Gasteiger partial charge in [0.2, 0.25) is 0 Å². The number of nitrogens with one attached hydrogen (secondary N) is 1. The third-order valence-electron chi connectivity index (χ3n) is 2.85. The number of ether oxygens (including phenoxy) is 1. The molecule has 0 aromatic heterocycles. The van der Waals surface area contributed by atoms with E-state index in [-0.39, 0.29) is 0 Å². The molecular weight excluding hydrogens is 425 g/mol. The molecule has 23 heavy (non-hydrogen) atoms. The van der Waals surface area contributed by atoms with E-state index in [2.05, 4.69) is 37.7 Å². The van der Waals surface area contributed by atoms with Gasteiger partial charge < -0.3 is 15.2 Å². The van der Waals surface area contributed by atoms with Crippen molar-refractivity contribution in [1.82, 2.24) is 5.32 Å². The van der Waals surface area contributed by atoms with Crippen LogP contribution >= 0.6 is 30.1 Å². The molecule has 0 heterocycles. The Morgan fingerprint density at radius 1 is 1.26 bits per heavy atom. The van der Waals surface area contributed by atoms with E-state index in [9.17, 15) is 9.90 Å². The monoisotopic (exact) mass is 447 g/mol. The van der Waals surface area contributed by atoms with Crippen molar-refractivity contribution < 1.29 is 14.6 Å². The first-order valence-electron chi connectivity index (χ1n) is 7.13. The fourth-order valence-corrected chi connectivity index (χ4v) is 2.42. The number of carbonyl (C=O) groups excluding carboxylic acids is 1. The van der Waals surface area contributed by atoms with Gasteiger partial charge in [0.25, 0.3) is 0 Å². The number of hydrogen-bond acceptors (Lipinski definition) is 4. The first kappa shape index (κ1) is 20.1. The maximum absolute atomic E-state index is 12.0. The highest BCUT2D eigenvalue weighted by Gasteiger charge is 2.31. The highest BCUT2D eigenvalue weighted by molar-refractivity contribution is 14.2. The van der Waals surface area contributed by atoms with Crippen LogP contribution in [0.25, 0.3) is 0 Å². The molecule has 0 spiro atoms. The Hall–Kier alpha value is -0.910. The molecule has 1 rings (SSSR count). The second-order valence-corrected chi connectivity index (χ2v) is 8.34. The molecule has 1 unspecified atom stereocenters. The molecule has 1 aromatic carbocycles. The van der Waals surface area contributed by atoms with Crippen molar-refractivity contribution in [3.8, 4) is 11.2 Å². The fraction of sp³-hybridized carbons (Fsp3) is 0.471. The predicted molar refractivity (Wildman–Crippen MR) is 103 cm³/mol. The minimum absolute atomic E-state index is 0.560. The lowest BCUT2D eigenvalue weighted by Gasteiger charge is -2.31. The molecule has 0 saturated carbocycles. The zero-order valence-corrected chi connectivity index (χ0v) is 16.9. The number of rotatable bonds is 3. The van der Waals surface area contributed by atoms with Crippen molar-refractivity contribution in [3.63, 3.8) is 0 Å². The fourth-order valence-electron chi connectivity index (χ4n) is 1.93. The molecule has 1 amide bonds. The van der Waals surface area contributed by atoms with E-state index < -0.39 is 23.3 Å². The summed E-state index contributed by atoms with van der Waals surface area (Å²) in [6, 6.07) is 6.84. The molecule has 2 N–H and O–H groups in total.